The lowest BCUT2D eigenvalue weighted by Gasteiger charge is -2.30. The molecule has 2 atom stereocenters. The average molecular weight is 179 g/mol. The summed E-state index contributed by atoms with van der Waals surface area (Å²) in [5.74, 6) is 0.906. The normalized spacial score (nSPS) is 37.9. The first kappa shape index (κ1) is 7.15. The number of allylic oxidation sites excluding steroid dienone is 4. The summed E-state index contributed by atoms with van der Waals surface area (Å²) in [6, 6.07) is 0. The number of nitrogens with zero attached hydrogens (tertiary/aromatic N) is 1. The molecule has 64 valence electrons. The molecular weight excluding hydrogens is 165 g/mol. The number of hydrogen-bond acceptors (Lipinski definition) is 1. The molecular formula is C10H14NP. The molecule has 3 rings (SSSR count). The number of hydrogen-bond donors (Lipinski definition) is 0. The maximum absolute atomic E-state index is 2.50. The van der Waals surface area contributed by atoms with Crippen LogP contribution in [0.3, 0.4) is 0 Å². The minimum absolute atomic E-state index is 0.289. The van der Waals surface area contributed by atoms with E-state index in [-0.39, 0.29) is 7.92 Å². The van der Waals surface area contributed by atoms with Gasteiger partial charge in [-0.2, -0.15) is 0 Å². The molecule has 0 spiro atoms. The van der Waals surface area contributed by atoms with Crippen molar-refractivity contribution in [3.63, 3.8) is 0 Å². The van der Waals surface area contributed by atoms with Crippen molar-refractivity contribution in [1.82, 2.24) is 4.90 Å². The van der Waals surface area contributed by atoms with E-state index in [1.165, 1.54) is 25.3 Å². The van der Waals surface area contributed by atoms with Gasteiger partial charge >= 0.3 is 0 Å². The second-order valence-corrected chi connectivity index (χ2v) is 6.35. The zero-order valence-electron chi connectivity index (χ0n) is 7.45. The van der Waals surface area contributed by atoms with Crippen molar-refractivity contribution >= 4 is 7.92 Å². The predicted octanol–water partition coefficient (Wildman–Crippen LogP) is 2.21. The minimum Gasteiger partial charge on any atom is -0.377 e. The standard InChI is InChI=1S/C10H14NP/c1-11-5-6-12-7-8-3-2-4-9(12)10(8)11/h2,4,8H,3,5-7H2,1H3. The summed E-state index contributed by atoms with van der Waals surface area (Å²) in [4.78, 5) is 2.50. The van der Waals surface area contributed by atoms with Crippen molar-refractivity contribution in [3.05, 3.63) is 23.2 Å². The largest absolute Gasteiger partial charge is 0.377 e. The Balaban J connectivity index is 2.12. The van der Waals surface area contributed by atoms with Crippen LogP contribution in [-0.2, 0) is 0 Å². The summed E-state index contributed by atoms with van der Waals surface area (Å²) in [5, 5.41) is 1.73. The lowest BCUT2D eigenvalue weighted by Crippen LogP contribution is -2.26. The van der Waals surface area contributed by atoms with Crippen LogP contribution in [0.5, 0.6) is 0 Å². The van der Waals surface area contributed by atoms with Crippen LogP contribution in [-0.4, -0.2) is 30.8 Å². The molecule has 4 bridgehead atoms. The van der Waals surface area contributed by atoms with Gasteiger partial charge in [0.05, 0.1) is 0 Å². The third kappa shape index (κ3) is 0.781. The highest BCUT2D eigenvalue weighted by molar-refractivity contribution is 7.62. The van der Waals surface area contributed by atoms with Gasteiger partial charge in [-0.15, -0.1) is 0 Å². The molecule has 0 aromatic rings. The Labute approximate surface area is 74.9 Å². The van der Waals surface area contributed by atoms with Crippen LogP contribution in [0.2, 0.25) is 0 Å². The van der Waals surface area contributed by atoms with Gasteiger partial charge in [-0.05, 0) is 24.1 Å². The van der Waals surface area contributed by atoms with Crippen LogP contribution < -0.4 is 0 Å². The van der Waals surface area contributed by atoms with Crippen molar-refractivity contribution in [1.29, 1.82) is 0 Å². The van der Waals surface area contributed by atoms with Gasteiger partial charge in [0.15, 0.2) is 0 Å². The monoisotopic (exact) mass is 179 g/mol. The Bertz CT molecular complexity index is 280. The van der Waals surface area contributed by atoms with Gasteiger partial charge < -0.3 is 4.90 Å². The fourth-order valence-corrected chi connectivity index (χ4v) is 5.66. The van der Waals surface area contributed by atoms with E-state index in [0.29, 0.717) is 0 Å². The molecule has 0 fully saturated rings. The van der Waals surface area contributed by atoms with Gasteiger partial charge in [-0.25, -0.2) is 0 Å². The molecule has 0 saturated carbocycles. The number of rotatable bonds is 0. The first-order valence-electron chi connectivity index (χ1n) is 4.73. The van der Waals surface area contributed by atoms with Gasteiger partial charge in [0, 0.05) is 25.2 Å². The fraction of sp³-hybridized carbons (Fsp3) is 0.600. The van der Waals surface area contributed by atoms with E-state index in [2.05, 4.69) is 24.1 Å². The van der Waals surface area contributed by atoms with Gasteiger partial charge in [0.2, 0.25) is 0 Å². The summed E-state index contributed by atoms with van der Waals surface area (Å²) in [6.07, 6.45) is 9.04. The Morgan fingerprint density at radius 3 is 3.33 bits per heavy atom. The predicted molar refractivity (Wildman–Crippen MR) is 53.6 cm³/mol. The summed E-state index contributed by atoms with van der Waals surface area (Å²) < 4.78 is 0. The average Bonchev–Trinajstić information content (AvgIpc) is 2.24. The molecule has 2 heterocycles. The summed E-state index contributed by atoms with van der Waals surface area (Å²) in [7, 11) is 2.55. The molecule has 0 saturated heterocycles. The first-order chi connectivity index (χ1) is 5.86. The van der Waals surface area contributed by atoms with Crippen LogP contribution in [0.15, 0.2) is 23.2 Å². The molecule has 3 aliphatic rings. The van der Waals surface area contributed by atoms with Crippen LogP contribution in [0.4, 0.5) is 0 Å². The molecule has 0 aromatic carbocycles. The Hall–Kier alpha value is -0.290. The molecule has 0 radical (unpaired) electrons. The second kappa shape index (κ2) is 2.35. The van der Waals surface area contributed by atoms with E-state index in [9.17, 15) is 0 Å². The first-order valence-corrected chi connectivity index (χ1v) is 6.44. The Morgan fingerprint density at radius 2 is 2.50 bits per heavy atom. The maximum atomic E-state index is 2.50. The van der Waals surface area contributed by atoms with Gasteiger partial charge in [-0.1, -0.05) is 20.1 Å². The molecule has 0 aromatic heterocycles. The van der Waals surface area contributed by atoms with Gasteiger partial charge in [-0.3, -0.25) is 0 Å². The molecule has 1 aliphatic carbocycles. The molecule has 0 amide bonds. The Kier molecular flexibility index (Phi) is 1.40. The minimum atomic E-state index is 0.289. The lowest BCUT2D eigenvalue weighted by molar-refractivity contribution is 0.391. The SMILES string of the molecule is CN1CCP2CC3CC=CC2=C31. The highest BCUT2D eigenvalue weighted by atomic mass is 31.1. The van der Waals surface area contributed by atoms with Gasteiger partial charge in [0.1, 0.15) is 0 Å². The lowest BCUT2D eigenvalue weighted by atomic mass is 9.98. The molecule has 2 heteroatoms. The van der Waals surface area contributed by atoms with Gasteiger partial charge in [0.25, 0.3) is 0 Å². The third-order valence-electron chi connectivity index (χ3n) is 3.24. The van der Waals surface area contributed by atoms with Crippen molar-refractivity contribution in [2.45, 2.75) is 6.42 Å². The van der Waals surface area contributed by atoms with E-state index >= 15 is 0 Å². The summed E-state index contributed by atoms with van der Waals surface area (Å²) >= 11 is 0. The van der Waals surface area contributed by atoms with Crippen molar-refractivity contribution in [2.75, 3.05) is 25.9 Å². The molecule has 0 N–H and O–H groups in total. The van der Waals surface area contributed by atoms with Crippen LogP contribution in [0, 0.1) is 5.92 Å². The molecule has 12 heavy (non-hydrogen) atoms. The molecule has 2 aliphatic heterocycles. The zero-order chi connectivity index (χ0) is 8.13. The quantitative estimate of drug-likeness (QED) is 0.515. The second-order valence-electron chi connectivity index (χ2n) is 3.97. The highest BCUT2D eigenvalue weighted by Gasteiger charge is 2.38. The molecule has 1 nitrogen and oxygen atoms in total. The topological polar surface area (TPSA) is 3.24 Å². The zero-order valence-corrected chi connectivity index (χ0v) is 8.35. The summed E-state index contributed by atoms with van der Waals surface area (Å²) in [5.41, 5.74) is 1.70. The highest BCUT2D eigenvalue weighted by Crippen LogP contribution is 2.61. The summed E-state index contributed by atoms with van der Waals surface area (Å²) in [6.45, 7) is 1.31. The molecule has 2 unspecified atom stereocenters. The van der Waals surface area contributed by atoms with Crippen molar-refractivity contribution in [2.24, 2.45) is 5.92 Å². The maximum Gasteiger partial charge on any atom is 0.0246 e. The Morgan fingerprint density at radius 1 is 1.58 bits per heavy atom. The van der Waals surface area contributed by atoms with E-state index < -0.39 is 0 Å². The fourth-order valence-electron chi connectivity index (χ4n) is 2.65. The van der Waals surface area contributed by atoms with E-state index in [0.717, 1.165) is 5.92 Å². The van der Waals surface area contributed by atoms with Crippen LogP contribution in [0.1, 0.15) is 6.42 Å². The third-order valence-corrected chi connectivity index (χ3v) is 5.92. The van der Waals surface area contributed by atoms with E-state index in [1.807, 2.05) is 0 Å². The van der Waals surface area contributed by atoms with Crippen LogP contribution >= 0.6 is 7.92 Å². The van der Waals surface area contributed by atoms with Crippen molar-refractivity contribution < 1.29 is 0 Å². The van der Waals surface area contributed by atoms with E-state index in [1.54, 1.807) is 11.0 Å². The van der Waals surface area contributed by atoms with Crippen molar-refractivity contribution in [3.8, 4) is 0 Å². The van der Waals surface area contributed by atoms with Crippen LogP contribution in [0.25, 0.3) is 0 Å². The smallest absolute Gasteiger partial charge is 0.0246 e. The van der Waals surface area contributed by atoms with E-state index in [4.69, 9.17) is 0 Å².